The smallest absolute Gasteiger partial charge is 0.144 e. The monoisotopic (exact) mass is 268 g/mol. The van der Waals surface area contributed by atoms with E-state index in [-0.39, 0.29) is 5.41 Å². The first-order valence-corrected chi connectivity index (χ1v) is 6.59. The molecule has 0 saturated heterocycles. The van der Waals surface area contributed by atoms with Crippen molar-refractivity contribution < 1.29 is 5.21 Å². The molecule has 4 N–H and O–H groups in total. The SMILES string of the molecule is CC(C)(CCCNCCCn1ccnn1)/C(N)=N/O. The van der Waals surface area contributed by atoms with Crippen LogP contribution in [0.4, 0.5) is 0 Å². The summed E-state index contributed by atoms with van der Waals surface area (Å²) < 4.78 is 1.82. The molecule has 0 amide bonds. The average molecular weight is 268 g/mol. The van der Waals surface area contributed by atoms with Gasteiger partial charge in [0.05, 0.1) is 6.20 Å². The van der Waals surface area contributed by atoms with Crippen LogP contribution in [0.25, 0.3) is 0 Å². The Morgan fingerprint density at radius 2 is 2.16 bits per heavy atom. The minimum atomic E-state index is -0.253. The van der Waals surface area contributed by atoms with Gasteiger partial charge in [-0.05, 0) is 32.4 Å². The normalized spacial score (nSPS) is 12.8. The molecule has 0 bridgehead atoms. The van der Waals surface area contributed by atoms with Gasteiger partial charge in [0.15, 0.2) is 0 Å². The highest BCUT2D eigenvalue weighted by molar-refractivity contribution is 5.85. The van der Waals surface area contributed by atoms with Gasteiger partial charge in [0.2, 0.25) is 0 Å². The van der Waals surface area contributed by atoms with Crippen LogP contribution in [-0.2, 0) is 6.54 Å². The Morgan fingerprint density at radius 3 is 2.79 bits per heavy atom. The minimum absolute atomic E-state index is 0.253. The zero-order valence-electron chi connectivity index (χ0n) is 11.7. The van der Waals surface area contributed by atoms with Crippen LogP contribution < -0.4 is 11.1 Å². The molecule has 1 rings (SSSR count). The van der Waals surface area contributed by atoms with Gasteiger partial charge in [-0.1, -0.05) is 24.2 Å². The molecule has 0 fully saturated rings. The Balaban J connectivity index is 2.02. The molecule has 0 atom stereocenters. The fourth-order valence-electron chi connectivity index (χ4n) is 1.76. The second-order valence-corrected chi connectivity index (χ2v) is 5.24. The molecule has 7 heteroatoms. The number of nitrogens with one attached hydrogen (secondary N) is 1. The number of rotatable bonds is 9. The maximum Gasteiger partial charge on any atom is 0.144 e. The van der Waals surface area contributed by atoms with Crippen LogP contribution in [0.15, 0.2) is 17.5 Å². The zero-order chi connectivity index (χ0) is 14.1. The Kier molecular flexibility index (Phi) is 6.27. The van der Waals surface area contributed by atoms with E-state index in [2.05, 4.69) is 20.8 Å². The molecule has 0 aliphatic rings. The topological polar surface area (TPSA) is 101 Å². The molecule has 7 nitrogen and oxygen atoms in total. The molecular formula is C12H24N6O. The van der Waals surface area contributed by atoms with Crippen LogP contribution >= 0.6 is 0 Å². The van der Waals surface area contributed by atoms with E-state index in [0.29, 0.717) is 5.84 Å². The predicted molar refractivity (Wildman–Crippen MR) is 73.9 cm³/mol. The maximum absolute atomic E-state index is 8.67. The van der Waals surface area contributed by atoms with Crippen LogP contribution in [0, 0.1) is 5.41 Å². The minimum Gasteiger partial charge on any atom is -0.409 e. The number of amidine groups is 1. The van der Waals surface area contributed by atoms with Crippen molar-refractivity contribution in [1.82, 2.24) is 20.3 Å². The predicted octanol–water partition coefficient (Wildman–Crippen LogP) is 0.811. The summed E-state index contributed by atoms with van der Waals surface area (Å²) in [7, 11) is 0. The molecule has 0 aliphatic heterocycles. The third-order valence-electron chi connectivity index (χ3n) is 3.17. The summed E-state index contributed by atoms with van der Waals surface area (Å²) in [6.07, 6.45) is 6.45. The van der Waals surface area contributed by atoms with Crippen LogP contribution in [0.5, 0.6) is 0 Å². The summed E-state index contributed by atoms with van der Waals surface area (Å²) >= 11 is 0. The van der Waals surface area contributed by atoms with Gasteiger partial charge in [0, 0.05) is 18.2 Å². The molecule has 0 spiro atoms. The van der Waals surface area contributed by atoms with Crippen LogP contribution in [0.1, 0.15) is 33.1 Å². The first-order chi connectivity index (χ1) is 9.06. The van der Waals surface area contributed by atoms with Crippen LogP contribution in [0.3, 0.4) is 0 Å². The molecule has 1 aromatic heterocycles. The second kappa shape index (κ2) is 7.73. The summed E-state index contributed by atoms with van der Waals surface area (Å²) in [6, 6.07) is 0. The second-order valence-electron chi connectivity index (χ2n) is 5.24. The maximum atomic E-state index is 8.67. The van der Waals surface area contributed by atoms with Gasteiger partial charge in [-0.25, -0.2) is 0 Å². The van der Waals surface area contributed by atoms with Gasteiger partial charge in [-0.3, -0.25) is 4.68 Å². The third kappa shape index (κ3) is 5.69. The molecule has 0 aliphatic carbocycles. The first kappa shape index (κ1) is 15.4. The van der Waals surface area contributed by atoms with Crippen molar-refractivity contribution in [2.45, 2.75) is 39.7 Å². The van der Waals surface area contributed by atoms with E-state index in [0.717, 1.165) is 38.9 Å². The summed E-state index contributed by atoms with van der Waals surface area (Å²) in [4.78, 5) is 0. The lowest BCUT2D eigenvalue weighted by Gasteiger charge is -2.22. The molecule has 0 aromatic carbocycles. The Bertz CT molecular complexity index is 374. The van der Waals surface area contributed by atoms with E-state index >= 15 is 0 Å². The number of aryl methyl sites for hydroxylation is 1. The molecule has 108 valence electrons. The lowest BCUT2D eigenvalue weighted by atomic mass is 9.86. The van der Waals surface area contributed by atoms with Crippen molar-refractivity contribution in [3.8, 4) is 0 Å². The van der Waals surface area contributed by atoms with E-state index < -0.39 is 0 Å². The average Bonchev–Trinajstić information content (AvgIpc) is 2.89. The van der Waals surface area contributed by atoms with E-state index in [1.807, 2.05) is 24.7 Å². The lowest BCUT2D eigenvalue weighted by Crippen LogP contribution is -2.32. The van der Waals surface area contributed by atoms with E-state index in [1.54, 1.807) is 6.20 Å². The van der Waals surface area contributed by atoms with Gasteiger partial charge in [0.25, 0.3) is 0 Å². The van der Waals surface area contributed by atoms with Gasteiger partial charge < -0.3 is 16.3 Å². The fourth-order valence-corrected chi connectivity index (χ4v) is 1.76. The number of hydrogen-bond acceptors (Lipinski definition) is 5. The van der Waals surface area contributed by atoms with E-state index in [4.69, 9.17) is 10.9 Å². The van der Waals surface area contributed by atoms with E-state index in [1.165, 1.54) is 0 Å². The van der Waals surface area contributed by atoms with Crippen molar-refractivity contribution in [3.63, 3.8) is 0 Å². The Morgan fingerprint density at radius 1 is 1.42 bits per heavy atom. The summed E-state index contributed by atoms with van der Waals surface area (Å²) in [5.41, 5.74) is 5.38. The summed E-state index contributed by atoms with van der Waals surface area (Å²) in [5, 5.41) is 22.8. The van der Waals surface area contributed by atoms with Crippen LogP contribution in [0.2, 0.25) is 0 Å². The van der Waals surface area contributed by atoms with Crippen molar-refractivity contribution in [3.05, 3.63) is 12.4 Å². The number of hydrogen-bond donors (Lipinski definition) is 3. The summed E-state index contributed by atoms with van der Waals surface area (Å²) in [5.74, 6) is 0.290. The highest BCUT2D eigenvalue weighted by Gasteiger charge is 2.22. The molecule has 0 unspecified atom stereocenters. The van der Waals surface area contributed by atoms with Crippen LogP contribution in [-0.4, -0.2) is 39.1 Å². The number of aromatic nitrogens is 3. The largest absolute Gasteiger partial charge is 0.409 e. The Labute approximate surface area is 113 Å². The van der Waals surface area contributed by atoms with Gasteiger partial charge in [-0.15, -0.1) is 5.10 Å². The quantitative estimate of drug-likeness (QED) is 0.202. The Hall–Kier alpha value is -1.63. The highest BCUT2D eigenvalue weighted by atomic mass is 16.4. The van der Waals surface area contributed by atoms with Gasteiger partial charge >= 0.3 is 0 Å². The number of nitrogens with two attached hydrogens (primary N) is 1. The standard InChI is InChI=1S/C12H24N6O/c1-12(2,11(13)16-19)5-3-6-14-7-4-9-18-10-8-15-17-18/h8,10,14,19H,3-7,9H2,1-2H3,(H2,13,16). The number of oxime groups is 1. The van der Waals surface area contributed by atoms with Crippen molar-refractivity contribution in [2.75, 3.05) is 13.1 Å². The lowest BCUT2D eigenvalue weighted by molar-refractivity contribution is 0.304. The van der Waals surface area contributed by atoms with Crippen molar-refractivity contribution in [2.24, 2.45) is 16.3 Å². The van der Waals surface area contributed by atoms with Gasteiger partial charge in [0.1, 0.15) is 5.84 Å². The zero-order valence-corrected chi connectivity index (χ0v) is 11.7. The number of nitrogens with zero attached hydrogens (tertiary/aromatic N) is 4. The molecule has 0 radical (unpaired) electrons. The third-order valence-corrected chi connectivity index (χ3v) is 3.17. The van der Waals surface area contributed by atoms with Crippen molar-refractivity contribution >= 4 is 5.84 Å². The first-order valence-electron chi connectivity index (χ1n) is 6.59. The molecular weight excluding hydrogens is 244 g/mol. The molecule has 1 aromatic rings. The molecule has 1 heterocycles. The summed E-state index contributed by atoms with van der Waals surface area (Å²) in [6.45, 7) is 6.71. The fraction of sp³-hybridized carbons (Fsp3) is 0.750. The molecule has 19 heavy (non-hydrogen) atoms. The van der Waals surface area contributed by atoms with Gasteiger partial charge in [-0.2, -0.15) is 0 Å². The van der Waals surface area contributed by atoms with E-state index in [9.17, 15) is 0 Å². The highest BCUT2D eigenvalue weighted by Crippen LogP contribution is 2.21. The molecule has 0 saturated carbocycles. The van der Waals surface area contributed by atoms with Crippen molar-refractivity contribution in [1.29, 1.82) is 0 Å².